The summed E-state index contributed by atoms with van der Waals surface area (Å²) in [6, 6.07) is 7.87. The maximum absolute atomic E-state index is 6.18. The van der Waals surface area contributed by atoms with Crippen LogP contribution in [0.3, 0.4) is 0 Å². The van der Waals surface area contributed by atoms with Gasteiger partial charge in [-0.25, -0.2) is 0 Å². The Morgan fingerprint density at radius 2 is 1.74 bits per heavy atom. The predicted octanol–water partition coefficient (Wildman–Crippen LogP) is 3.20. The zero-order valence-electron chi connectivity index (χ0n) is 14.0. The number of ether oxygens (including phenoxy) is 1. The Balaban J connectivity index is 1.33. The van der Waals surface area contributed by atoms with Gasteiger partial charge in [0.15, 0.2) is 0 Å². The smallest absolute Gasteiger partial charge is 0.0578 e. The summed E-state index contributed by atoms with van der Waals surface area (Å²) in [7, 11) is 0. The van der Waals surface area contributed by atoms with E-state index in [4.69, 9.17) is 10.5 Å². The van der Waals surface area contributed by atoms with Crippen LogP contribution in [0.15, 0.2) is 18.2 Å². The Kier molecular flexibility index (Phi) is 4.45. The number of hydrogen-bond donors (Lipinski definition) is 2. The number of likely N-dealkylation sites (tertiary alicyclic amines) is 1. The van der Waals surface area contributed by atoms with Gasteiger partial charge in [-0.2, -0.15) is 0 Å². The molecule has 23 heavy (non-hydrogen) atoms. The van der Waals surface area contributed by atoms with Crippen LogP contribution in [0.4, 0.5) is 11.4 Å². The number of nitrogens with two attached hydrogens (primary N) is 1. The van der Waals surface area contributed by atoms with Gasteiger partial charge in [0.1, 0.15) is 0 Å². The molecule has 4 rings (SSSR count). The molecule has 1 aromatic rings. The molecule has 2 saturated heterocycles. The van der Waals surface area contributed by atoms with E-state index in [1.807, 2.05) is 0 Å². The van der Waals surface area contributed by atoms with Crippen LogP contribution >= 0.6 is 0 Å². The molecule has 1 aliphatic carbocycles. The second-order valence-electron chi connectivity index (χ2n) is 7.42. The van der Waals surface area contributed by atoms with E-state index in [1.165, 1.54) is 57.2 Å². The van der Waals surface area contributed by atoms with Crippen LogP contribution in [0.2, 0.25) is 0 Å². The maximum atomic E-state index is 6.18. The lowest BCUT2D eigenvalue weighted by atomic mass is 9.99. The number of rotatable bonds is 4. The summed E-state index contributed by atoms with van der Waals surface area (Å²) in [6.45, 7) is 4.27. The number of nitrogens with zero attached hydrogens (tertiary/aromatic N) is 1. The first-order valence-electron chi connectivity index (χ1n) is 9.27. The summed E-state index contributed by atoms with van der Waals surface area (Å²) < 4.78 is 5.49. The van der Waals surface area contributed by atoms with Crippen LogP contribution in [0.5, 0.6) is 0 Å². The fourth-order valence-electron chi connectivity index (χ4n) is 4.05. The second kappa shape index (κ2) is 6.70. The Labute approximate surface area is 139 Å². The van der Waals surface area contributed by atoms with Gasteiger partial charge in [-0.1, -0.05) is 6.07 Å². The summed E-state index contributed by atoms with van der Waals surface area (Å²) >= 11 is 0. The molecule has 0 aromatic heterocycles. The molecule has 0 atom stereocenters. The lowest BCUT2D eigenvalue weighted by molar-refractivity contribution is 0.0262. The van der Waals surface area contributed by atoms with Crippen molar-refractivity contribution in [2.24, 2.45) is 0 Å². The molecular weight excluding hydrogens is 286 g/mol. The van der Waals surface area contributed by atoms with E-state index >= 15 is 0 Å². The topological polar surface area (TPSA) is 50.5 Å². The number of hydrogen-bond acceptors (Lipinski definition) is 4. The molecule has 4 nitrogen and oxygen atoms in total. The standard InChI is InChI=1S/C19H29N3O/c20-18-4-3-15(14-1-2-14)13-19(18)21-16-5-9-22(10-6-16)17-7-11-23-12-8-17/h3-4,13-14,16-17,21H,1-2,5-12,20H2. The SMILES string of the molecule is Nc1ccc(C2CC2)cc1NC1CCN(C2CCOCC2)CC1. The van der Waals surface area contributed by atoms with Gasteiger partial charge in [-0.15, -0.1) is 0 Å². The minimum Gasteiger partial charge on any atom is -0.397 e. The largest absolute Gasteiger partial charge is 0.397 e. The third kappa shape index (κ3) is 3.64. The van der Waals surface area contributed by atoms with Crippen molar-refractivity contribution in [2.45, 2.75) is 56.5 Å². The maximum Gasteiger partial charge on any atom is 0.0578 e. The van der Waals surface area contributed by atoms with Crippen molar-refractivity contribution >= 4 is 11.4 Å². The highest BCUT2D eigenvalue weighted by atomic mass is 16.5. The van der Waals surface area contributed by atoms with Gasteiger partial charge >= 0.3 is 0 Å². The van der Waals surface area contributed by atoms with Crippen molar-refractivity contribution in [1.29, 1.82) is 0 Å². The van der Waals surface area contributed by atoms with Crippen LogP contribution in [0.1, 0.15) is 50.0 Å². The molecule has 2 heterocycles. The summed E-state index contributed by atoms with van der Waals surface area (Å²) in [4.78, 5) is 2.67. The van der Waals surface area contributed by atoms with Gasteiger partial charge in [0.2, 0.25) is 0 Å². The zero-order valence-corrected chi connectivity index (χ0v) is 14.0. The first-order chi connectivity index (χ1) is 11.3. The van der Waals surface area contributed by atoms with E-state index in [0.29, 0.717) is 6.04 Å². The van der Waals surface area contributed by atoms with Crippen LogP contribution < -0.4 is 11.1 Å². The molecule has 0 spiro atoms. The Morgan fingerprint density at radius 1 is 1.00 bits per heavy atom. The van der Waals surface area contributed by atoms with Crippen molar-refractivity contribution < 1.29 is 4.74 Å². The molecule has 1 aromatic carbocycles. The number of nitrogen functional groups attached to an aromatic ring is 1. The van der Waals surface area contributed by atoms with E-state index in [0.717, 1.165) is 36.5 Å². The van der Waals surface area contributed by atoms with E-state index in [1.54, 1.807) is 0 Å². The van der Waals surface area contributed by atoms with Gasteiger partial charge in [-0.05, 0) is 62.1 Å². The second-order valence-corrected chi connectivity index (χ2v) is 7.42. The molecule has 0 radical (unpaired) electrons. The highest BCUT2D eigenvalue weighted by Gasteiger charge is 2.27. The van der Waals surface area contributed by atoms with Gasteiger partial charge in [0.05, 0.1) is 11.4 Å². The fourth-order valence-corrected chi connectivity index (χ4v) is 4.05. The van der Waals surface area contributed by atoms with Crippen molar-refractivity contribution in [2.75, 3.05) is 37.4 Å². The molecule has 0 bridgehead atoms. The third-order valence-electron chi connectivity index (χ3n) is 5.72. The fraction of sp³-hybridized carbons (Fsp3) is 0.684. The van der Waals surface area contributed by atoms with Crippen LogP contribution in [-0.2, 0) is 4.74 Å². The predicted molar refractivity (Wildman–Crippen MR) is 94.9 cm³/mol. The van der Waals surface area contributed by atoms with Crippen LogP contribution in [0.25, 0.3) is 0 Å². The lowest BCUT2D eigenvalue weighted by Gasteiger charge is -2.39. The number of nitrogens with one attached hydrogen (secondary N) is 1. The molecule has 0 unspecified atom stereocenters. The van der Waals surface area contributed by atoms with Crippen LogP contribution in [0, 0.1) is 0 Å². The highest BCUT2D eigenvalue weighted by Crippen LogP contribution is 2.41. The summed E-state index contributed by atoms with van der Waals surface area (Å²) in [6.07, 6.45) is 7.51. The first kappa shape index (κ1) is 15.3. The molecule has 1 saturated carbocycles. The molecule has 3 aliphatic rings. The minimum atomic E-state index is 0.558. The summed E-state index contributed by atoms with van der Waals surface area (Å²) in [5.41, 5.74) is 9.69. The normalized spacial score (nSPS) is 24.7. The quantitative estimate of drug-likeness (QED) is 0.838. The van der Waals surface area contributed by atoms with E-state index in [2.05, 4.69) is 28.4 Å². The van der Waals surface area contributed by atoms with Gasteiger partial charge < -0.3 is 20.7 Å². The van der Waals surface area contributed by atoms with Crippen molar-refractivity contribution in [3.63, 3.8) is 0 Å². The van der Waals surface area contributed by atoms with Crippen LogP contribution in [-0.4, -0.2) is 43.3 Å². The van der Waals surface area contributed by atoms with Crippen molar-refractivity contribution in [1.82, 2.24) is 4.90 Å². The Bertz CT molecular complexity index is 529. The molecule has 2 aliphatic heterocycles. The first-order valence-corrected chi connectivity index (χ1v) is 9.27. The highest BCUT2D eigenvalue weighted by molar-refractivity contribution is 5.68. The molecular formula is C19H29N3O. The van der Waals surface area contributed by atoms with E-state index in [9.17, 15) is 0 Å². The van der Waals surface area contributed by atoms with Gasteiger partial charge in [-0.3, -0.25) is 0 Å². The average molecular weight is 315 g/mol. The summed E-state index contributed by atoms with van der Waals surface area (Å²) in [5, 5.41) is 3.72. The zero-order chi connectivity index (χ0) is 15.6. The van der Waals surface area contributed by atoms with E-state index in [-0.39, 0.29) is 0 Å². The Hall–Kier alpha value is -1.26. The number of benzene rings is 1. The minimum absolute atomic E-state index is 0.558. The van der Waals surface area contributed by atoms with Gasteiger partial charge in [0.25, 0.3) is 0 Å². The molecule has 3 fully saturated rings. The third-order valence-corrected chi connectivity index (χ3v) is 5.72. The lowest BCUT2D eigenvalue weighted by Crippen LogP contribution is -2.46. The Morgan fingerprint density at radius 3 is 2.43 bits per heavy atom. The molecule has 3 N–H and O–H groups in total. The van der Waals surface area contributed by atoms with Crippen molar-refractivity contribution in [3.8, 4) is 0 Å². The number of anilines is 2. The average Bonchev–Trinajstić information content (AvgIpc) is 3.43. The molecule has 126 valence electrons. The molecule has 0 amide bonds. The number of piperidine rings is 1. The monoisotopic (exact) mass is 315 g/mol. The van der Waals surface area contributed by atoms with Crippen molar-refractivity contribution in [3.05, 3.63) is 23.8 Å². The van der Waals surface area contributed by atoms with E-state index < -0.39 is 0 Å². The van der Waals surface area contributed by atoms with Gasteiger partial charge in [0, 0.05) is 38.4 Å². The summed E-state index contributed by atoms with van der Waals surface area (Å²) in [5.74, 6) is 0.784. The molecule has 4 heteroatoms.